The van der Waals surface area contributed by atoms with E-state index in [-0.39, 0.29) is 17.6 Å². The largest absolute Gasteiger partial charge is 0.454 e. The molecule has 2 amide bonds. The zero-order valence-corrected chi connectivity index (χ0v) is 14.6. The van der Waals surface area contributed by atoms with Crippen molar-refractivity contribution < 1.29 is 14.0 Å². The Morgan fingerprint density at radius 2 is 2.08 bits per heavy atom. The molecule has 0 unspecified atom stereocenters. The highest BCUT2D eigenvalue weighted by molar-refractivity contribution is 5.96. The second-order valence-corrected chi connectivity index (χ2v) is 6.75. The van der Waals surface area contributed by atoms with Crippen LogP contribution in [0.15, 0.2) is 35.3 Å². The SMILES string of the molecule is O=C([C@@H]1CNCCN1C(=O)c1ccc(Cn2ccnc2)o1)N1CCCC1. The number of rotatable bonds is 4. The normalized spacial score (nSPS) is 20.5. The fourth-order valence-corrected chi connectivity index (χ4v) is 3.60. The molecule has 0 aliphatic carbocycles. The van der Waals surface area contributed by atoms with Crippen molar-refractivity contribution in [2.24, 2.45) is 0 Å². The summed E-state index contributed by atoms with van der Waals surface area (Å²) in [5.41, 5.74) is 0. The molecule has 2 aromatic rings. The number of nitrogens with one attached hydrogen (secondary N) is 1. The van der Waals surface area contributed by atoms with E-state index in [0.29, 0.717) is 31.9 Å². The molecule has 2 aliphatic heterocycles. The molecule has 2 aromatic heterocycles. The van der Waals surface area contributed by atoms with E-state index in [1.807, 2.05) is 15.7 Å². The van der Waals surface area contributed by atoms with Gasteiger partial charge in [-0.1, -0.05) is 0 Å². The molecule has 26 heavy (non-hydrogen) atoms. The summed E-state index contributed by atoms with van der Waals surface area (Å²) in [6, 6.07) is 3.03. The lowest BCUT2D eigenvalue weighted by Crippen LogP contribution is -2.59. The van der Waals surface area contributed by atoms with Crippen LogP contribution in [-0.2, 0) is 11.3 Å². The van der Waals surface area contributed by atoms with Gasteiger partial charge in [-0.05, 0) is 25.0 Å². The number of aromatic nitrogens is 2. The van der Waals surface area contributed by atoms with Crippen LogP contribution in [0.25, 0.3) is 0 Å². The third kappa shape index (κ3) is 3.37. The summed E-state index contributed by atoms with van der Waals surface area (Å²) in [6.07, 6.45) is 7.31. The lowest BCUT2D eigenvalue weighted by molar-refractivity contribution is -0.135. The highest BCUT2D eigenvalue weighted by Crippen LogP contribution is 2.18. The van der Waals surface area contributed by atoms with Crippen LogP contribution >= 0.6 is 0 Å². The van der Waals surface area contributed by atoms with Crippen LogP contribution in [-0.4, -0.2) is 69.9 Å². The van der Waals surface area contributed by atoms with E-state index in [1.54, 1.807) is 29.6 Å². The van der Waals surface area contributed by atoms with Crippen molar-refractivity contribution in [2.75, 3.05) is 32.7 Å². The quantitative estimate of drug-likeness (QED) is 0.864. The Morgan fingerprint density at radius 3 is 2.85 bits per heavy atom. The Bertz CT molecular complexity index is 764. The number of piperazine rings is 1. The zero-order valence-electron chi connectivity index (χ0n) is 14.6. The van der Waals surface area contributed by atoms with E-state index in [4.69, 9.17) is 4.42 Å². The van der Waals surface area contributed by atoms with Gasteiger partial charge in [0, 0.05) is 45.1 Å². The van der Waals surface area contributed by atoms with Gasteiger partial charge in [-0.2, -0.15) is 0 Å². The Balaban J connectivity index is 1.48. The molecule has 8 nitrogen and oxygen atoms in total. The summed E-state index contributed by atoms with van der Waals surface area (Å²) in [6.45, 7) is 3.76. The van der Waals surface area contributed by atoms with Crippen LogP contribution in [0.1, 0.15) is 29.2 Å². The van der Waals surface area contributed by atoms with E-state index in [2.05, 4.69) is 10.3 Å². The third-order valence-corrected chi connectivity index (χ3v) is 4.98. The van der Waals surface area contributed by atoms with Gasteiger partial charge in [-0.15, -0.1) is 0 Å². The zero-order chi connectivity index (χ0) is 17.9. The fourth-order valence-electron chi connectivity index (χ4n) is 3.60. The number of carbonyl (C=O) groups excluding carboxylic acids is 2. The number of hydrogen-bond acceptors (Lipinski definition) is 5. The average molecular weight is 357 g/mol. The number of furan rings is 1. The van der Waals surface area contributed by atoms with Gasteiger partial charge in [-0.25, -0.2) is 4.98 Å². The summed E-state index contributed by atoms with van der Waals surface area (Å²) in [4.78, 5) is 33.3. The van der Waals surface area contributed by atoms with E-state index < -0.39 is 6.04 Å². The molecule has 1 atom stereocenters. The Labute approximate surface area is 151 Å². The summed E-state index contributed by atoms with van der Waals surface area (Å²) >= 11 is 0. The number of nitrogens with zero attached hydrogens (tertiary/aromatic N) is 4. The maximum Gasteiger partial charge on any atom is 0.290 e. The number of carbonyl (C=O) groups is 2. The topological polar surface area (TPSA) is 83.6 Å². The van der Waals surface area contributed by atoms with Crippen molar-refractivity contribution >= 4 is 11.8 Å². The van der Waals surface area contributed by atoms with Gasteiger partial charge in [0.2, 0.25) is 5.91 Å². The van der Waals surface area contributed by atoms with Crippen LogP contribution < -0.4 is 5.32 Å². The summed E-state index contributed by atoms with van der Waals surface area (Å²) in [7, 11) is 0. The van der Waals surface area contributed by atoms with Crippen LogP contribution in [0, 0.1) is 0 Å². The Morgan fingerprint density at radius 1 is 1.23 bits per heavy atom. The predicted octanol–water partition coefficient (Wildman–Crippen LogP) is 0.561. The minimum absolute atomic E-state index is 0.0354. The molecule has 0 radical (unpaired) electrons. The van der Waals surface area contributed by atoms with Crippen molar-refractivity contribution in [2.45, 2.75) is 25.4 Å². The van der Waals surface area contributed by atoms with Crippen molar-refractivity contribution in [3.05, 3.63) is 42.4 Å². The summed E-state index contributed by atoms with van der Waals surface area (Å²) in [5, 5.41) is 3.23. The van der Waals surface area contributed by atoms with E-state index in [0.717, 1.165) is 25.9 Å². The first-order chi connectivity index (χ1) is 12.7. The molecule has 2 fully saturated rings. The fraction of sp³-hybridized carbons (Fsp3) is 0.500. The van der Waals surface area contributed by atoms with Gasteiger partial charge >= 0.3 is 0 Å². The van der Waals surface area contributed by atoms with Crippen molar-refractivity contribution in [1.82, 2.24) is 24.7 Å². The van der Waals surface area contributed by atoms with Gasteiger partial charge in [0.15, 0.2) is 5.76 Å². The van der Waals surface area contributed by atoms with Gasteiger partial charge < -0.3 is 24.1 Å². The minimum Gasteiger partial charge on any atom is -0.454 e. The van der Waals surface area contributed by atoms with Crippen LogP contribution in [0.4, 0.5) is 0 Å². The number of hydrogen-bond donors (Lipinski definition) is 1. The van der Waals surface area contributed by atoms with Crippen molar-refractivity contribution in [1.29, 1.82) is 0 Å². The third-order valence-electron chi connectivity index (χ3n) is 4.98. The first kappa shape index (κ1) is 16.8. The highest BCUT2D eigenvalue weighted by atomic mass is 16.4. The first-order valence-electron chi connectivity index (χ1n) is 9.07. The molecule has 2 aliphatic rings. The monoisotopic (exact) mass is 357 g/mol. The maximum absolute atomic E-state index is 13.0. The van der Waals surface area contributed by atoms with Gasteiger partial charge in [-0.3, -0.25) is 9.59 Å². The second-order valence-electron chi connectivity index (χ2n) is 6.75. The molecule has 4 heterocycles. The smallest absolute Gasteiger partial charge is 0.290 e. The lowest BCUT2D eigenvalue weighted by atomic mass is 10.1. The van der Waals surface area contributed by atoms with Crippen LogP contribution in [0.2, 0.25) is 0 Å². The lowest BCUT2D eigenvalue weighted by Gasteiger charge is -2.36. The predicted molar refractivity (Wildman–Crippen MR) is 93.5 cm³/mol. The molecule has 8 heteroatoms. The first-order valence-corrected chi connectivity index (χ1v) is 9.07. The number of imidazole rings is 1. The van der Waals surface area contributed by atoms with Gasteiger partial charge in [0.25, 0.3) is 5.91 Å². The highest BCUT2D eigenvalue weighted by Gasteiger charge is 2.36. The molecular weight excluding hydrogens is 334 g/mol. The van der Waals surface area contributed by atoms with Crippen LogP contribution in [0.3, 0.4) is 0 Å². The molecule has 0 bridgehead atoms. The summed E-state index contributed by atoms with van der Waals surface area (Å²) < 4.78 is 7.61. The molecule has 0 saturated carbocycles. The molecule has 1 N–H and O–H groups in total. The van der Waals surface area contributed by atoms with Gasteiger partial charge in [0.1, 0.15) is 11.8 Å². The summed E-state index contributed by atoms with van der Waals surface area (Å²) in [5.74, 6) is 0.777. The van der Waals surface area contributed by atoms with Crippen molar-refractivity contribution in [3.8, 4) is 0 Å². The Kier molecular flexibility index (Phi) is 4.75. The van der Waals surface area contributed by atoms with E-state index in [9.17, 15) is 9.59 Å². The minimum atomic E-state index is -0.462. The number of likely N-dealkylation sites (tertiary alicyclic amines) is 1. The average Bonchev–Trinajstić information content (AvgIpc) is 3.43. The number of amides is 2. The molecular formula is C18H23N5O3. The van der Waals surface area contributed by atoms with Crippen LogP contribution in [0.5, 0.6) is 0 Å². The molecule has 0 aromatic carbocycles. The van der Waals surface area contributed by atoms with Gasteiger partial charge in [0.05, 0.1) is 12.9 Å². The van der Waals surface area contributed by atoms with E-state index >= 15 is 0 Å². The standard InChI is InChI=1S/C18H23N5O3/c24-17(22-7-1-2-8-22)15-11-19-6-10-23(15)18(25)16-4-3-14(26-16)12-21-9-5-20-13-21/h3-5,9,13,15,19H,1-2,6-8,10-12H2/t15-/m0/s1. The second kappa shape index (κ2) is 7.33. The molecule has 138 valence electrons. The Hall–Kier alpha value is -2.61. The molecule has 0 spiro atoms. The van der Waals surface area contributed by atoms with E-state index in [1.165, 1.54) is 0 Å². The molecule has 2 saturated heterocycles. The molecule has 4 rings (SSSR count). The maximum atomic E-state index is 13.0. The van der Waals surface area contributed by atoms with Crippen molar-refractivity contribution in [3.63, 3.8) is 0 Å².